The second-order valence-electron chi connectivity index (χ2n) is 8.24. The average molecular weight is 548 g/mol. The van der Waals surface area contributed by atoms with Gasteiger partial charge in [-0.15, -0.1) is 0 Å². The van der Waals surface area contributed by atoms with E-state index >= 15 is 0 Å². The molecule has 0 aliphatic rings. The third kappa shape index (κ3) is 5.77. The SMILES string of the molecule is CCOc1ccc2c(CCC(=O)OC)cn(S(=O)(=O)c3ccc(Oc4ccc(C(F)(F)F)cc4)cc3)c2c1. The Kier molecular flexibility index (Phi) is 7.68. The van der Waals surface area contributed by atoms with Crippen molar-refractivity contribution in [1.82, 2.24) is 3.97 Å². The van der Waals surface area contributed by atoms with Gasteiger partial charge in [0.25, 0.3) is 10.0 Å². The summed E-state index contributed by atoms with van der Waals surface area (Å²) < 4.78 is 82.5. The third-order valence-corrected chi connectivity index (χ3v) is 7.45. The van der Waals surface area contributed by atoms with E-state index < -0.39 is 27.7 Å². The number of aryl methyl sites for hydroxylation is 1. The van der Waals surface area contributed by atoms with Gasteiger partial charge < -0.3 is 14.2 Å². The highest BCUT2D eigenvalue weighted by molar-refractivity contribution is 7.90. The number of benzene rings is 3. The molecular formula is C27H24F3NO6S. The molecule has 0 saturated carbocycles. The van der Waals surface area contributed by atoms with E-state index in [0.717, 1.165) is 16.1 Å². The van der Waals surface area contributed by atoms with E-state index in [9.17, 15) is 26.4 Å². The molecule has 0 aliphatic carbocycles. The molecule has 11 heteroatoms. The Labute approximate surface area is 217 Å². The number of esters is 1. The molecule has 1 aromatic heterocycles. The highest BCUT2D eigenvalue weighted by Gasteiger charge is 2.30. The summed E-state index contributed by atoms with van der Waals surface area (Å²) in [5.41, 5.74) is 0.240. The van der Waals surface area contributed by atoms with Crippen molar-refractivity contribution >= 4 is 26.9 Å². The number of alkyl halides is 3. The normalized spacial score (nSPS) is 11.9. The molecule has 3 aromatic carbocycles. The van der Waals surface area contributed by atoms with Gasteiger partial charge in [-0.05, 0) is 79.6 Å². The molecule has 7 nitrogen and oxygen atoms in total. The number of hydrogen-bond donors (Lipinski definition) is 0. The molecule has 38 heavy (non-hydrogen) atoms. The van der Waals surface area contributed by atoms with Crippen LogP contribution in [0.15, 0.2) is 77.8 Å². The maximum atomic E-state index is 13.6. The van der Waals surface area contributed by atoms with Crippen LogP contribution in [0.1, 0.15) is 24.5 Å². The third-order valence-electron chi connectivity index (χ3n) is 5.76. The van der Waals surface area contributed by atoms with Gasteiger partial charge in [-0.2, -0.15) is 13.2 Å². The van der Waals surface area contributed by atoms with Crippen LogP contribution < -0.4 is 9.47 Å². The van der Waals surface area contributed by atoms with Gasteiger partial charge in [0.2, 0.25) is 0 Å². The number of fused-ring (bicyclic) bond motifs is 1. The summed E-state index contributed by atoms with van der Waals surface area (Å²) >= 11 is 0. The van der Waals surface area contributed by atoms with Crippen LogP contribution in [0.3, 0.4) is 0 Å². The van der Waals surface area contributed by atoms with E-state index in [1.54, 1.807) is 18.2 Å². The van der Waals surface area contributed by atoms with Gasteiger partial charge in [0.05, 0.1) is 29.7 Å². The second kappa shape index (κ2) is 10.8. The number of aromatic nitrogens is 1. The first-order valence-electron chi connectivity index (χ1n) is 11.6. The molecule has 4 aromatic rings. The van der Waals surface area contributed by atoms with Gasteiger partial charge >= 0.3 is 12.1 Å². The molecule has 200 valence electrons. The highest BCUT2D eigenvalue weighted by Crippen LogP contribution is 2.33. The lowest BCUT2D eigenvalue weighted by Crippen LogP contribution is -2.12. The van der Waals surface area contributed by atoms with Crippen molar-refractivity contribution in [2.75, 3.05) is 13.7 Å². The van der Waals surface area contributed by atoms with Crippen molar-refractivity contribution in [3.63, 3.8) is 0 Å². The first-order valence-corrected chi connectivity index (χ1v) is 13.0. The van der Waals surface area contributed by atoms with E-state index in [1.165, 1.54) is 49.7 Å². The van der Waals surface area contributed by atoms with Crippen LogP contribution in [0.25, 0.3) is 10.9 Å². The second-order valence-corrected chi connectivity index (χ2v) is 10.1. The molecule has 0 N–H and O–H groups in total. The lowest BCUT2D eigenvalue weighted by Gasteiger charge is -2.11. The monoisotopic (exact) mass is 547 g/mol. The molecule has 0 atom stereocenters. The number of rotatable bonds is 9. The van der Waals surface area contributed by atoms with E-state index in [1.807, 2.05) is 6.92 Å². The first-order chi connectivity index (χ1) is 18.0. The average Bonchev–Trinajstić information content (AvgIpc) is 3.26. The minimum Gasteiger partial charge on any atom is -0.494 e. The van der Waals surface area contributed by atoms with Gasteiger partial charge in [0.15, 0.2) is 0 Å². The van der Waals surface area contributed by atoms with Crippen molar-refractivity contribution in [2.24, 2.45) is 0 Å². The van der Waals surface area contributed by atoms with Gasteiger partial charge in [0.1, 0.15) is 17.2 Å². The largest absolute Gasteiger partial charge is 0.494 e. The van der Waals surface area contributed by atoms with Crippen molar-refractivity contribution in [2.45, 2.75) is 30.8 Å². The van der Waals surface area contributed by atoms with E-state index in [0.29, 0.717) is 28.8 Å². The Morgan fingerprint density at radius 1 is 0.921 bits per heavy atom. The summed E-state index contributed by atoms with van der Waals surface area (Å²) in [5, 5.41) is 0.656. The van der Waals surface area contributed by atoms with Crippen LogP contribution in [0.2, 0.25) is 0 Å². The molecule has 0 radical (unpaired) electrons. The van der Waals surface area contributed by atoms with Gasteiger partial charge in [-0.1, -0.05) is 0 Å². The minimum absolute atomic E-state index is 0.0319. The van der Waals surface area contributed by atoms with Crippen molar-refractivity contribution in [3.8, 4) is 17.2 Å². The number of nitrogens with zero attached hydrogens (tertiary/aromatic N) is 1. The Balaban J connectivity index is 1.64. The zero-order valence-corrected chi connectivity index (χ0v) is 21.3. The zero-order valence-electron chi connectivity index (χ0n) is 20.5. The highest BCUT2D eigenvalue weighted by atomic mass is 32.2. The quantitative estimate of drug-likeness (QED) is 0.232. The number of methoxy groups -OCH3 is 1. The van der Waals surface area contributed by atoms with Gasteiger partial charge in [-0.3, -0.25) is 4.79 Å². The zero-order chi connectivity index (χ0) is 27.5. The van der Waals surface area contributed by atoms with Crippen LogP contribution in [0.4, 0.5) is 13.2 Å². The fourth-order valence-corrected chi connectivity index (χ4v) is 5.26. The van der Waals surface area contributed by atoms with Gasteiger partial charge in [-0.25, -0.2) is 12.4 Å². The Morgan fingerprint density at radius 3 is 2.11 bits per heavy atom. The summed E-state index contributed by atoms with van der Waals surface area (Å²) in [6, 6.07) is 14.8. The Bertz CT molecular complexity index is 1540. The van der Waals surface area contributed by atoms with Crippen LogP contribution >= 0.6 is 0 Å². The van der Waals surface area contributed by atoms with Crippen LogP contribution in [0.5, 0.6) is 17.2 Å². The molecule has 0 amide bonds. The van der Waals surface area contributed by atoms with Crippen LogP contribution in [0, 0.1) is 0 Å². The molecule has 0 bridgehead atoms. The molecule has 0 saturated heterocycles. The predicted octanol–water partition coefficient (Wildman–Crippen LogP) is 6.19. The molecule has 1 heterocycles. The molecule has 0 spiro atoms. The number of halogens is 3. The summed E-state index contributed by atoms with van der Waals surface area (Å²) in [6.07, 6.45) is -2.62. The maximum absolute atomic E-state index is 13.6. The molecular weight excluding hydrogens is 523 g/mol. The Morgan fingerprint density at radius 2 is 1.53 bits per heavy atom. The number of carbonyl (C=O) groups is 1. The van der Waals surface area contributed by atoms with E-state index in [2.05, 4.69) is 0 Å². The molecule has 0 fully saturated rings. The summed E-state index contributed by atoms with van der Waals surface area (Å²) in [6.45, 7) is 2.21. The van der Waals surface area contributed by atoms with Crippen molar-refractivity contribution in [3.05, 3.63) is 84.1 Å². The lowest BCUT2D eigenvalue weighted by atomic mass is 10.1. The standard InChI is InChI=1S/C27H24F3NO6S/c1-3-36-22-11-14-24-18(4-15-26(32)35-2)17-31(25(24)16-22)38(33,34)23-12-9-21(10-13-23)37-20-7-5-19(6-8-20)27(28,29)30/h5-14,16-17H,3-4,15H2,1-2H3. The lowest BCUT2D eigenvalue weighted by molar-refractivity contribution is -0.140. The Hall–Kier alpha value is -3.99. The molecule has 0 unspecified atom stereocenters. The molecule has 0 aliphatic heterocycles. The maximum Gasteiger partial charge on any atom is 0.416 e. The topological polar surface area (TPSA) is 83.8 Å². The first kappa shape index (κ1) is 27.1. The fraction of sp³-hybridized carbons (Fsp3) is 0.222. The predicted molar refractivity (Wildman–Crippen MR) is 134 cm³/mol. The van der Waals surface area contributed by atoms with Crippen LogP contribution in [-0.4, -0.2) is 32.1 Å². The van der Waals surface area contributed by atoms with Gasteiger partial charge in [0, 0.05) is 24.1 Å². The van der Waals surface area contributed by atoms with E-state index in [-0.39, 0.29) is 29.2 Å². The fourth-order valence-electron chi connectivity index (χ4n) is 3.88. The van der Waals surface area contributed by atoms with Crippen molar-refractivity contribution in [1.29, 1.82) is 0 Å². The summed E-state index contributed by atoms with van der Waals surface area (Å²) in [5.74, 6) is 0.500. The smallest absolute Gasteiger partial charge is 0.416 e. The number of ether oxygens (including phenoxy) is 3. The van der Waals surface area contributed by atoms with Crippen LogP contribution in [-0.2, 0) is 32.2 Å². The number of carbonyl (C=O) groups excluding carboxylic acids is 1. The minimum atomic E-state index is -4.46. The van der Waals surface area contributed by atoms with E-state index in [4.69, 9.17) is 14.2 Å². The summed E-state index contributed by atoms with van der Waals surface area (Å²) in [4.78, 5) is 11.6. The van der Waals surface area contributed by atoms with Crippen molar-refractivity contribution < 1.29 is 40.6 Å². The molecule has 4 rings (SSSR count). The summed E-state index contributed by atoms with van der Waals surface area (Å²) in [7, 11) is -2.78. The number of hydrogen-bond acceptors (Lipinski definition) is 6.